The molecule has 1 N–H and O–H groups in total. The first kappa shape index (κ1) is 21.3. The highest BCUT2D eigenvalue weighted by Gasteiger charge is 2.12. The van der Waals surface area contributed by atoms with Crippen LogP contribution in [0.15, 0.2) is 72.4 Å². The zero-order chi connectivity index (χ0) is 21.6. The number of amides is 1. The lowest BCUT2D eigenvalue weighted by Gasteiger charge is -2.08. The van der Waals surface area contributed by atoms with Crippen LogP contribution in [0, 0.1) is 0 Å². The molecule has 2 aromatic carbocycles. The normalized spacial score (nSPS) is 10.6. The highest BCUT2D eigenvalue weighted by atomic mass is 35.5. The van der Waals surface area contributed by atoms with Gasteiger partial charge >= 0.3 is 0 Å². The van der Waals surface area contributed by atoms with Crippen molar-refractivity contribution in [2.45, 2.75) is 13.2 Å². The van der Waals surface area contributed by atoms with Gasteiger partial charge in [0.2, 0.25) is 0 Å². The van der Waals surface area contributed by atoms with Gasteiger partial charge < -0.3 is 10.1 Å². The lowest BCUT2D eigenvalue weighted by molar-refractivity contribution is 0.0946. The van der Waals surface area contributed by atoms with E-state index < -0.39 is 0 Å². The molecular formula is C23H17Cl2N3O2S. The number of carbonyl (C=O) groups is 1. The van der Waals surface area contributed by atoms with Crippen molar-refractivity contribution < 1.29 is 9.53 Å². The van der Waals surface area contributed by atoms with E-state index in [1.54, 1.807) is 29.9 Å². The van der Waals surface area contributed by atoms with Crippen LogP contribution in [0.3, 0.4) is 0 Å². The quantitative estimate of drug-likeness (QED) is 0.359. The number of thiazole rings is 1. The second-order valence-electron chi connectivity index (χ2n) is 6.62. The van der Waals surface area contributed by atoms with Gasteiger partial charge in [-0.2, -0.15) is 0 Å². The van der Waals surface area contributed by atoms with E-state index in [1.807, 2.05) is 42.5 Å². The third-order valence-electron chi connectivity index (χ3n) is 4.45. The van der Waals surface area contributed by atoms with Gasteiger partial charge in [-0.25, -0.2) is 4.98 Å². The molecule has 0 saturated heterocycles. The highest BCUT2D eigenvalue weighted by molar-refractivity contribution is 7.13. The van der Waals surface area contributed by atoms with Crippen LogP contribution in [0.5, 0.6) is 5.75 Å². The summed E-state index contributed by atoms with van der Waals surface area (Å²) < 4.78 is 5.81. The van der Waals surface area contributed by atoms with Crippen molar-refractivity contribution in [3.8, 4) is 16.3 Å². The minimum absolute atomic E-state index is 0.209. The Balaban J connectivity index is 1.36. The van der Waals surface area contributed by atoms with E-state index in [-0.39, 0.29) is 5.91 Å². The van der Waals surface area contributed by atoms with Gasteiger partial charge in [-0.05, 0) is 54.1 Å². The Morgan fingerprint density at radius 1 is 1.03 bits per heavy atom. The summed E-state index contributed by atoms with van der Waals surface area (Å²) in [6.07, 6.45) is 3.39. The molecule has 4 aromatic rings. The van der Waals surface area contributed by atoms with Gasteiger partial charge in [0.25, 0.3) is 5.91 Å². The van der Waals surface area contributed by atoms with Crippen LogP contribution in [-0.2, 0) is 13.2 Å². The highest BCUT2D eigenvalue weighted by Crippen LogP contribution is 2.27. The molecule has 0 saturated carbocycles. The summed E-state index contributed by atoms with van der Waals surface area (Å²) in [5.74, 6) is 0.501. The molecule has 0 aliphatic carbocycles. The van der Waals surface area contributed by atoms with Gasteiger partial charge in [-0.3, -0.25) is 9.78 Å². The largest absolute Gasteiger partial charge is 0.489 e. The molecule has 1 amide bonds. The molecule has 8 heteroatoms. The van der Waals surface area contributed by atoms with Crippen molar-refractivity contribution in [1.82, 2.24) is 15.3 Å². The molecule has 0 unspecified atom stereocenters. The summed E-state index contributed by atoms with van der Waals surface area (Å²) in [7, 11) is 0. The lowest BCUT2D eigenvalue weighted by atomic mass is 10.2. The Morgan fingerprint density at radius 2 is 1.81 bits per heavy atom. The molecule has 2 heterocycles. The first-order valence-corrected chi connectivity index (χ1v) is 11.0. The van der Waals surface area contributed by atoms with Crippen LogP contribution < -0.4 is 10.1 Å². The average molecular weight is 470 g/mol. The number of carbonyl (C=O) groups excluding carboxylic acids is 1. The van der Waals surface area contributed by atoms with Crippen molar-refractivity contribution in [2.24, 2.45) is 0 Å². The van der Waals surface area contributed by atoms with Gasteiger partial charge in [0.05, 0.1) is 0 Å². The first-order chi connectivity index (χ1) is 15.1. The van der Waals surface area contributed by atoms with E-state index in [1.165, 1.54) is 11.3 Å². The fourth-order valence-corrected chi connectivity index (χ4v) is 4.05. The fraction of sp³-hybridized carbons (Fsp3) is 0.0870. The number of rotatable bonds is 7. The molecular weight excluding hydrogens is 453 g/mol. The molecule has 2 aromatic heterocycles. The zero-order valence-electron chi connectivity index (χ0n) is 16.2. The summed E-state index contributed by atoms with van der Waals surface area (Å²) >= 11 is 13.5. The summed E-state index contributed by atoms with van der Waals surface area (Å²) in [5, 5.41) is 6.55. The number of hydrogen-bond donors (Lipinski definition) is 1. The van der Waals surface area contributed by atoms with E-state index in [0.29, 0.717) is 34.6 Å². The van der Waals surface area contributed by atoms with Gasteiger partial charge in [-0.15, -0.1) is 11.3 Å². The SMILES string of the molecule is O=C(NCc1ccncc1)c1csc(-c2ccc(OCc3ccc(Cl)cc3Cl)cc2)n1. The topological polar surface area (TPSA) is 64.1 Å². The van der Waals surface area contributed by atoms with Crippen molar-refractivity contribution in [3.63, 3.8) is 0 Å². The maximum Gasteiger partial charge on any atom is 0.271 e. The number of aromatic nitrogens is 2. The Morgan fingerprint density at radius 3 is 2.55 bits per heavy atom. The number of pyridine rings is 1. The first-order valence-electron chi connectivity index (χ1n) is 9.38. The third kappa shape index (κ3) is 5.61. The summed E-state index contributed by atoms with van der Waals surface area (Å²) in [6, 6.07) is 16.6. The van der Waals surface area contributed by atoms with Crippen molar-refractivity contribution >= 4 is 40.4 Å². The molecule has 0 spiro atoms. The van der Waals surface area contributed by atoms with E-state index in [2.05, 4.69) is 15.3 Å². The molecule has 0 fully saturated rings. The third-order valence-corrected chi connectivity index (χ3v) is 5.93. The van der Waals surface area contributed by atoms with Crippen LogP contribution in [0.25, 0.3) is 10.6 Å². The monoisotopic (exact) mass is 469 g/mol. The van der Waals surface area contributed by atoms with E-state index in [9.17, 15) is 4.79 Å². The predicted octanol–water partition coefficient (Wildman–Crippen LogP) is 6.02. The maximum absolute atomic E-state index is 12.4. The number of halogens is 2. The van der Waals surface area contributed by atoms with Crippen LogP contribution in [-0.4, -0.2) is 15.9 Å². The predicted molar refractivity (Wildman–Crippen MR) is 124 cm³/mol. The van der Waals surface area contributed by atoms with Gasteiger partial charge in [0.15, 0.2) is 0 Å². The number of benzene rings is 2. The average Bonchev–Trinajstić information content (AvgIpc) is 3.28. The minimum Gasteiger partial charge on any atom is -0.489 e. The van der Waals surface area contributed by atoms with Crippen molar-refractivity contribution in [3.05, 3.63) is 99.2 Å². The molecule has 0 aliphatic rings. The van der Waals surface area contributed by atoms with Crippen LogP contribution in [0.2, 0.25) is 10.0 Å². The fourth-order valence-electron chi connectivity index (χ4n) is 2.78. The number of hydrogen-bond acceptors (Lipinski definition) is 5. The standard InChI is InChI=1S/C23H17Cl2N3O2S/c24-18-4-1-17(20(25)11-18)13-30-19-5-2-16(3-6-19)23-28-21(14-31-23)22(29)27-12-15-7-9-26-10-8-15/h1-11,14H,12-13H2,(H,27,29). The number of nitrogens with one attached hydrogen (secondary N) is 1. The Kier molecular flexibility index (Phi) is 6.82. The van der Waals surface area contributed by atoms with Crippen molar-refractivity contribution in [2.75, 3.05) is 0 Å². The Hall–Kier alpha value is -2.93. The van der Waals surface area contributed by atoms with Crippen LogP contribution in [0.1, 0.15) is 21.6 Å². The molecule has 31 heavy (non-hydrogen) atoms. The van der Waals surface area contributed by atoms with E-state index >= 15 is 0 Å². The molecule has 5 nitrogen and oxygen atoms in total. The van der Waals surface area contributed by atoms with Crippen molar-refractivity contribution in [1.29, 1.82) is 0 Å². The van der Waals surface area contributed by atoms with Gasteiger partial charge in [-0.1, -0.05) is 29.3 Å². The number of ether oxygens (including phenoxy) is 1. The summed E-state index contributed by atoms with van der Waals surface area (Å²) in [5.41, 5.74) is 3.15. The Labute approximate surface area is 193 Å². The molecule has 0 bridgehead atoms. The smallest absolute Gasteiger partial charge is 0.271 e. The van der Waals surface area contributed by atoms with E-state index in [0.717, 1.165) is 21.7 Å². The van der Waals surface area contributed by atoms with Gasteiger partial charge in [0.1, 0.15) is 23.1 Å². The van der Waals surface area contributed by atoms with Crippen LogP contribution in [0.4, 0.5) is 0 Å². The second kappa shape index (κ2) is 9.92. The zero-order valence-corrected chi connectivity index (χ0v) is 18.5. The minimum atomic E-state index is -0.209. The number of nitrogens with zero attached hydrogens (tertiary/aromatic N) is 2. The lowest BCUT2D eigenvalue weighted by Crippen LogP contribution is -2.23. The van der Waals surface area contributed by atoms with E-state index in [4.69, 9.17) is 27.9 Å². The Bertz CT molecular complexity index is 1180. The molecule has 0 aliphatic heterocycles. The molecule has 0 radical (unpaired) electrons. The molecule has 4 rings (SSSR count). The van der Waals surface area contributed by atoms with Gasteiger partial charge in [0, 0.05) is 45.5 Å². The molecule has 156 valence electrons. The summed E-state index contributed by atoms with van der Waals surface area (Å²) in [4.78, 5) is 20.8. The summed E-state index contributed by atoms with van der Waals surface area (Å²) in [6.45, 7) is 0.770. The van der Waals surface area contributed by atoms with Crippen LogP contribution >= 0.6 is 34.5 Å². The molecule has 0 atom stereocenters. The second-order valence-corrected chi connectivity index (χ2v) is 8.33. The maximum atomic E-state index is 12.4.